The summed E-state index contributed by atoms with van der Waals surface area (Å²) in [5.41, 5.74) is 4.92. The summed E-state index contributed by atoms with van der Waals surface area (Å²) in [5, 5.41) is 7.96. The quantitative estimate of drug-likeness (QED) is 0.849. The van der Waals surface area contributed by atoms with Crippen LogP contribution in [-0.4, -0.2) is 43.7 Å². The van der Waals surface area contributed by atoms with Crippen molar-refractivity contribution in [2.75, 3.05) is 12.9 Å². The summed E-state index contributed by atoms with van der Waals surface area (Å²) in [6, 6.07) is 0. The molecule has 1 aromatic rings. The van der Waals surface area contributed by atoms with Crippen molar-refractivity contribution in [1.82, 2.24) is 10.2 Å². The van der Waals surface area contributed by atoms with Crippen LogP contribution in [0.5, 0.6) is 0 Å². The third-order valence-electron chi connectivity index (χ3n) is 2.53. The molecule has 19 heavy (non-hydrogen) atoms. The number of primary amides is 1. The molecule has 0 aliphatic carbocycles. The van der Waals surface area contributed by atoms with Crippen LogP contribution in [0.3, 0.4) is 0 Å². The molecule has 1 aliphatic heterocycles. The molecule has 2 atom stereocenters. The van der Waals surface area contributed by atoms with Crippen molar-refractivity contribution >= 4 is 27.3 Å². The first-order valence-corrected chi connectivity index (χ1v) is 8.18. The number of carbonyl (C=O) groups is 1. The van der Waals surface area contributed by atoms with Crippen molar-refractivity contribution < 1.29 is 22.7 Å². The van der Waals surface area contributed by atoms with E-state index in [4.69, 9.17) is 15.2 Å². The predicted molar refractivity (Wildman–Crippen MR) is 65.4 cm³/mol. The first-order chi connectivity index (χ1) is 8.86. The van der Waals surface area contributed by atoms with E-state index in [0.717, 1.165) is 17.6 Å². The smallest absolute Gasteiger partial charge is 0.404 e. The molecule has 0 bridgehead atoms. The Labute approximate surface area is 113 Å². The molecule has 0 unspecified atom stereocenters. The van der Waals surface area contributed by atoms with Gasteiger partial charge in [0.1, 0.15) is 17.2 Å². The summed E-state index contributed by atoms with van der Waals surface area (Å²) in [7, 11) is -3.34. The molecule has 2 heterocycles. The number of nitrogens with zero attached hydrogens (tertiary/aromatic N) is 2. The first-order valence-electron chi connectivity index (χ1n) is 5.47. The van der Waals surface area contributed by atoms with Gasteiger partial charge in [0.15, 0.2) is 0 Å². The maximum Gasteiger partial charge on any atom is 0.404 e. The van der Waals surface area contributed by atoms with Crippen LogP contribution < -0.4 is 5.73 Å². The van der Waals surface area contributed by atoms with Crippen molar-refractivity contribution in [3.8, 4) is 0 Å². The van der Waals surface area contributed by atoms with Gasteiger partial charge < -0.3 is 15.2 Å². The fourth-order valence-electron chi connectivity index (χ4n) is 1.68. The van der Waals surface area contributed by atoms with Gasteiger partial charge in [-0.15, -0.1) is 10.2 Å². The van der Waals surface area contributed by atoms with Gasteiger partial charge in [-0.2, -0.15) is 0 Å². The van der Waals surface area contributed by atoms with Crippen molar-refractivity contribution in [2.24, 2.45) is 5.73 Å². The molecule has 0 spiro atoms. The third-order valence-corrected chi connectivity index (χ3v) is 5.22. The molecule has 106 valence electrons. The van der Waals surface area contributed by atoms with Crippen LogP contribution in [0.4, 0.5) is 4.79 Å². The predicted octanol–water partition coefficient (Wildman–Crippen LogP) is 0.257. The summed E-state index contributed by atoms with van der Waals surface area (Å²) in [6.07, 6.45) is 0.715. The average Bonchev–Trinajstić information content (AvgIpc) is 2.78. The molecule has 8 nitrogen and oxygen atoms in total. The molecule has 1 amide bonds. The van der Waals surface area contributed by atoms with Crippen LogP contribution in [0, 0.1) is 0 Å². The highest BCUT2D eigenvalue weighted by Crippen LogP contribution is 2.31. The second-order valence-electron chi connectivity index (χ2n) is 4.14. The van der Waals surface area contributed by atoms with E-state index in [0.29, 0.717) is 17.8 Å². The highest BCUT2D eigenvalue weighted by Gasteiger charge is 2.28. The minimum Gasteiger partial charge on any atom is -0.444 e. The topological polar surface area (TPSA) is 121 Å². The Hall–Kier alpha value is -1.26. The molecule has 1 fully saturated rings. The van der Waals surface area contributed by atoms with Gasteiger partial charge in [0.2, 0.25) is 14.2 Å². The lowest BCUT2D eigenvalue weighted by Gasteiger charge is -2.26. The van der Waals surface area contributed by atoms with E-state index in [1.807, 2.05) is 0 Å². The van der Waals surface area contributed by atoms with Crippen LogP contribution >= 0.6 is 11.3 Å². The average molecular weight is 307 g/mol. The lowest BCUT2D eigenvalue weighted by atomic mass is 10.1. The summed E-state index contributed by atoms with van der Waals surface area (Å²) < 4.78 is 32.9. The first kappa shape index (κ1) is 14.2. The number of rotatable bonds is 3. The van der Waals surface area contributed by atoms with Gasteiger partial charge in [-0.05, 0) is 12.8 Å². The lowest BCUT2D eigenvalue weighted by Crippen LogP contribution is -2.31. The maximum absolute atomic E-state index is 11.3. The molecule has 10 heteroatoms. The molecule has 0 radical (unpaired) electrons. The number of ether oxygens (including phenoxy) is 2. The Morgan fingerprint density at radius 2 is 2.21 bits per heavy atom. The number of sulfone groups is 1. The van der Waals surface area contributed by atoms with Crippen LogP contribution in [0.2, 0.25) is 0 Å². The molecule has 2 rings (SSSR count). The highest BCUT2D eigenvalue weighted by atomic mass is 32.2. The largest absolute Gasteiger partial charge is 0.444 e. The second-order valence-corrected chi connectivity index (χ2v) is 7.34. The molecule has 0 aromatic carbocycles. The Morgan fingerprint density at radius 3 is 2.68 bits per heavy atom. The van der Waals surface area contributed by atoms with Crippen LogP contribution in [0.15, 0.2) is 4.34 Å². The summed E-state index contributed by atoms with van der Waals surface area (Å²) >= 11 is 0.994. The van der Waals surface area contributed by atoms with Gasteiger partial charge in [-0.25, -0.2) is 13.2 Å². The standard InChI is InChI=1S/C9H13N3O5S2/c1-19(14,15)9-12-11-7(18-9)6-3-2-5(4-16-6)17-8(10)13/h5-6H,2-4H2,1H3,(H2,10,13)/t5-,6+/m1/s1. The molecular formula is C9H13N3O5S2. The molecule has 1 aromatic heterocycles. The Morgan fingerprint density at radius 1 is 1.47 bits per heavy atom. The molecular weight excluding hydrogens is 294 g/mol. The van der Waals surface area contributed by atoms with E-state index < -0.39 is 15.9 Å². The number of aromatic nitrogens is 2. The summed E-state index contributed by atoms with van der Waals surface area (Å²) in [4.78, 5) is 10.6. The van der Waals surface area contributed by atoms with Crippen molar-refractivity contribution in [1.29, 1.82) is 0 Å². The van der Waals surface area contributed by atoms with Gasteiger partial charge in [0, 0.05) is 6.26 Å². The maximum atomic E-state index is 11.3. The zero-order chi connectivity index (χ0) is 14.0. The van der Waals surface area contributed by atoms with Crippen molar-refractivity contribution in [2.45, 2.75) is 29.4 Å². The molecule has 2 N–H and O–H groups in total. The number of nitrogens with two attached hydrogens (primary N) is 1. The van der Waals surface area contributed by atoms with Gasteiger partial charge >= 0.3 is 6.09 Å². The SMILES string of the molecule is CS(=O)(=O)c1nnc([C@@H]2CC[C@@H](OC(N)=O)CO2)s1. The zero-order valence-electron chi connectivity index (χ0n) is 10.1. The normalized spacial score (nSPS) is 24.1. The third kappa shape index (κ3) is 3.61. The monoisotopic (exact) mass is 307 g/mol. The molecule has 1 saturated heterocycles. The van der Waals surface area contributed by atoms with Crippen LogP contribution in [0.1, 0.15) is 24.0 Å². The Balaban J connectivity index is 1.98. The Bertz CT molecular complexity index is 562. The fourth-order valence-corrected chi connectivity index (χ4v) is 3.39. The second kappa shape index (κ2) is 5.39. The molecule has 1 aliphatic rings. The van der Waals surface area contributed by atoms with Gasteiger partial charge in [-0.3, -0.25) is 0 Å². The summed E-state index contributed by atoms with van der Waals surface area (Å²) in [5.74, 6) is 0. The fraction of sp³-hybridized carbons (Fsp3) is 0.667. The van der Waals surface area contributed by atoms with Gasteiger partial charge in [0.25, 0.3) is 0 Å². The van der Waals surface area contributed by atoms with E-state index >= 15 is 0 Å². The van der Waals surface area contributed by atoms with E-state index in [9.17, 15) is 13.2 Å². The molecule has 0 saturated carbocycles. The van der Waals surface area contributed by atoms with Crippen molar-refractivity contribution in [3.05, 3.63) is 5.01 Å². The van der Waals surface area contributed by atoms with Crippen LogP contribution in [0.25, 0.3) is 0 Å². The van der Waals surface area contributed by atoms with E-state index in [1.165, 1.54) is 0 Å². The summed E-state index contributed by atoms with van der Waals surface area (Å²) in [6.45, 7) is 0.210. The lowest BCUT2D eigenvalue weighted by molar-refractivity contribution is -0.0604. The minimum absolute atomic E-state index is 0.0263. The number of amides is 1. The van der Waals surface area contributed by atoms with Gasteiger partial charge in [-0.1, -0.05) is 11.3 Å². The van der Waals surface area contributed by atoms with Gasteiger partial charge in [0.05, 0.1) is 6.61 Å². The van der Waals surface area contributed by atoms with E-state index in [1.54, 1.807) is 0 Å². The number of carbonyl (C=O) groups excluding carboxylic acids is 1. The number of hydrogen-bond donors (Lipinski definition) is 1. The van der Waals surface area contributed by atoms with E-state index in [-0.39, 0.29) is 23.2 Å². The Kier molecular flexibility index (Phi) is 4.02. The van der Waals surface area contributed by atoms with E-state index in [2.05, 4.69) is 10.2 Å². The minimum atomic E-state index is -3.34. The van der Waals surface area contributed by atoms with Crippen molar-refractivity contribution in [3.63, 3.8) is 0 Å². The number of hydrogen-bond acceptors (Lipinski definition) is 8. The zero-order valence-corrected chi connectivity index (χ0v) is 11.7. The van der Waals surface area contributed by atoms with Crippen LogP contribution in [-0.2, 0) is 19.3 Å². The highest BCUT2D eigenvalue weighted by molar-refractivity contribution is 7.92.